The first-order valence-corrected chi connectivity index (χ1v) is 7.52. The second-order valence-corrected chi connectivity index (χ2v) is 5.41. The molecule has 0 saturated carbocycles. The summed E-state index contributed by atoms with van der Waals surface area (Å²) in [5.74, 6) is 5.31. The van der Waals surface area contributed by atoms with E-state index in [9.17, 15) is 4.39 Å². The van der Waals surface area contributed by atoms with Gasteiger partial charge in [-0.05, 0) is 24.6 Å². The van der Waals surface area contributed by atoms with Gasteiger partial charge in [0, 0.05) is 16.9 Å². The number of aromatic nitrogens is 1. The number of nitrogens with two attached hydrogens (primary N) is 1. The molecule has 1 aromatic heterocycles. The SMILES string of the molecule is Cc1ncsc1CCOCc1ccc(F)cc1C#CCN. The van der Waals surface area contributed by atoms with Crippen LogP contribution < -0.4 is 5.73 Å². The average Bonchev–Trinajstić information content (AvgIpc) is 2.88. The summed E-state index contributed by atoms with van der Waals surface area (Å²) in [6, 6.07) is 4.53. The normalized spacial score (nSPS) is 10.2. The van der Waals surface area contributed by atoms with Crippen LogP contribution in [0.4, 0.5) is 4.39 Å². The lowest BCUT2D eigenvalue weighted by molar-refractivity contribution is 0.124. The Morgan fingerprint density at radius 1 is 1.43 bits per heavy atom. The summed E-state index contributed by atoms with van der Waals surface area (Å²) in [4.78, 5) is 5.44. The third-order valence-electron chi connectivity index (χ3n) is 2.97. The minimum atomic E-state index is -0.305. The fraction of sp³-hybridized carbons (Fsp3) is 0.312. The molecule has 3 nitrogen and oxygen atoms in total. The molecule has 0 bridgehead atoms. The van der Waals surface area contributed by atoms with Crippen LogP contribution in [0.5, 0.6) is 0 Å². The third-order valence-corrected chi connectivity index (χ3v) is 3.97. The highest BCUT2D eigenvalue weighted by atomic mass is 32.1. The van der Waals surface area contributed by atoms with Crippen molar-refractivity contribution in [3.05, 3.63) is 51.2 Å². The lowest BCUT2D eigenvalue weighted by Gasteiger charge is -2.06. The van der Waals surface area contributed by atoms with Crippen molar-refractivity contribution in [3.8, 4) is 11.8 Å². The molecule has 0 aliphatic rings. The fourth-order valence-electron chi connectivity index (χ4n) is 1.85. The van der Waals surface area contributed by atoms with Gasteiger partial charge in [0.15, 0.2) is 0 Å². The molecular weight excluding hydrogens is 287 g/mol. The number of rotatable bonds is 5. The quantitative estimate of drug-likeness (QED) is 0.682. The summed E-state index contributed by atoms with van der Waals surface area (Å²) >= 11 is 1.64. The molecule has 0 amide bonds. The first-order valence-electron chi connectivity index (χ1n) is 6.64. The van der Waals surface area contributed by atoms with Gasteiger partial charge in [0.1, 0.15) is 5.82 Å². The van der Waals surface area contributed by atoms with Crippen LogP contribution in [0.2, 0.25) is 0 Å². The summed E-state index contributed by atoms with van der Waals surface area (Å²) in [6.07, 6.45) is 0.835. The maximum absolute atomic E-state index is 13.2. The first-order chi connectivity index (χ1) is 10.2. The van der Waals surface area contributed by atoms with E-state index in [1.807, 2.05) is 12.4 Å². The molecule has 2 N–H and O–H groups in total. The largest absolute Gasteiger partial charge is 0.376 e. The van der Waals surface area contributed by atoms with E-state index in [2.05, 4.69) is 16.8 Å². The van der Waals surface area contributed by atoms with Gasteiger partial charge in [-0.15, -0.1) is 11.3 Å². The van der Waals surface area contributed by atoms with E-state index in [4.69, 9.17) is 10.5 Å². The minimum Gasteiger partial charge on any atom is -0.376 e. The number of halogens is 1. The molecule has 21 heavy (non-hydrogen) atoms. The Hall–Kier alpha value is -1.74. The highest BCUT2D eigenvalue weighted by Gasteiger charge is 2.04. The average molecular weight is 304 g/mol. The zero-order chi connectivity index (χ0) is 15.1. The Bertz CT molecular complexity index is 658. The van der Waals surface area contributed by atoms with Crippen molar-refractivity contribution in [2.75, 3.05) is 13.2 Å². The second-order valence-electron chi connectivity index (χ2n) is 4.47. The summed E-state index contributed by atoms with van der Waals surface area (Å²) in [6.45, 7) is 3.25. The number of thiazole rings is 1. The minimum absolute atomic E-state index is 0.251. The van der Waals surface area contributed by atoms with Crippen LogP contribution in [0.3, 0.4) is 0 Å². The third kappa shape index (κ3) is 4.64. The lowest BCUT2D eigenvalue weighted by atomic mass is 10.1. The molecule has 0 unspecified atom stereocenters. The summed E-state index contributed by atoms with van der Waals surface area (Å²) in [7, 11) is 0. The second kappa shape index (κ2) is 7.89. The predicted molar refractivity (Wildman–Crippen MR) is 82.5 cm³/mol. The van der Waals surface area contributed by atoms with Crippen LogP contribution in [-0.4, -0.2) is 18.1 Å². The van der Waals surface area contributed by atoms with Gasteiger partial charge in [-0.3, -0.25) is 0 Å². The standard InChI is InChI=1S/C16H17FN2OS/c1-12-16(21-11-19-12)6-8-20-10-14-4-5-15(17)9-13(14)3-2-7-18/h4-5,9,11H,6-8,10,18H2,1H3. The van der Waals surface area contributed by atoms with Gasteiger partial charge in [-0.1, -0.05) is 17.9 Å². The van der Waals surface area contributed by atoms with Crippen molar-refractivity contribution < 1.29 is 9.13 Å². The van der Waals surface area contributed by atoms with Gasteiger partial charge in [-0.2, -0.15) is 0 Å². The molecule has 1 heterocycles. The molecule has 0 saturated heterocycles. The first kappa shape index (κ1) is 15.6. The Morgan fingerprint density at radius 3 is 3.00 bits per heavy atom. The van der Waals surface area contributed by atoms with E-state index in [0.29, 0.717) is 18.8 Å². The maximum Gasteiger partial charge on any atom is 0.124 e. The number of ether oxygens (including phenoxy) is 1. The van der Waals surface area contributed by atoms with Crippen molar-refractivity contribution in [2.45, 2.75) is 20.0 Å². The highest BCUT2D eigenvalue weighted by molar-refractivity contribution is 7.09. The van der Waals surface area contributed by atoms with E-state index in [1.54, 1.807) is 17.4 Å². The van der Waals surface area contributed by atoms with Crippen LogP contribution in [0.1, 0.15) is 21.7 Å². The molecule has 2 aromatic rings. The van der Waals surface area contributed by atoms with Crippen molar-refractivity contribution in [2.24, 2.45) is 5.73 Å². The monoisotopic (exact) mass is 304 g/mol. The zero-order valence-electron chi connectivity index (χ0n) is 11.9. The van der Waals surface area contributed by atoms with E-state index in [0.717, 1.165) is 17.7 Å². The molecule has 2 rings (SSSR count). The molecule has 1 aromatic carbocycles. The molecule has 110 valence electrons. The Kier molecular flexibility index (Phi) is 5.88. The smallest absolute Gasteiger partial charge is 0.124 e. The number of hydrogen-bond acceptors (Lipinski definition) is 4. The fourth-order valence-corrected chi connectivity index (χ4v) is 2.61. The van der Waals surface area contributed by atoms with Gasteiger partial charge in [0.25, 0.3) is 0 Å². The van der Waals surface area contributed by atoms with Crippen molar-refractivity contribution >= 4 is 11.3 Å². The van der Waals surface area contributed by atoms with Gasteiger partial charge >= 0.3 is 0 Å². The molecule has 0 aliphatic heterocycles. The number of aryl methyl sites for hydroxylation is 1. The van der Waals surface area contributed by atoms with Crippen molar-refractivity contribution in [1.29, 1.82) is 0 Å². The summed E-state index contributed by atoms with van der Waals surface area (Å²) < 4.78 is 18.9. The molecule has 0 radical (unpaired) electrons. The van der Waals surface area contributed by atoms with Crippen molar-refractivity contribution in [1.82, 2.24) is 4.98 Å². The van der Waals surface area contributed by atoms with E-state index in [-0.39, 0.29) is 12.4 Å². The summed E-state index contributed by atoms with van der Waals surface area (Å²) in [5.41, 5.74) is 9.75. The topological polar surface area (TPSA) is 48.1 Å². The predicted octanol–water partition coefficient (Wildman–Crippen LogP) is 2.66. The van der Waals surface area contributed by atoms with E-state index < -0.39 is 0 Å². The molecule has 0 aliphatic carbocycles. The Labute approximate surface area is 128 Å². The number of nitrogens with zero attached hydrogens (tertiary/aromatic N) is 1. The van der Waals surface area contributed by atoms with Crippen LogP contribution in [0, 0.1) is 24.6 Å². The molecule has 0 fully saturated rings. The number of benzene rings is 1. The molecule has 0 spiro atoms. The lowest BCUT2D eigenvalue weighted by Crippen LogP contribution is -2.01. The zero-order valence-corrected chi connectivity index (χ0v) is 12.7. The van der Waals surface area contributed by atoms with E-state index in [1.165, 1.54) is 17.0 Å². The number of hydrogen-bond donors (Lipinski definition) is 1. The van der Waals surface area contributed by atoms with Gasteiger partial charge < -0.3 is 10.5 Å². The Morgan fingerprint density at radius 2 is 2.29 bits per heavy atom. The summed E-state index contributed by atoms with van der Waals surface area (Å²) in [5, 5.41) is 0. The van der Waals surface area contributed by atoms with Crippen LogP contribution in [-0.2, 0) is 17.8 Å². The van der Waals surface area contributed by atoms with Crippen LogP contribution >= 0.6 is 11.3 Å². The van der Waals surface area contributed by atoms with Crippen molar-refractivity contribution in [3.63, 3.8) is 0 Å². The Balaban J connectivity index is 1.92. The van der Waals surface area contributed by atoms with Gasteiger partial charge in [0.2, 0.25) is 0 Å². The van der Waals surface area contributed by atoms with Gasteiger partial charge in [-0.25, -0.2) is 9.37 Å². The van der Waals surface area contributed by atoms with Crippen LogP contribution in [0.25, 0.3) is 0 Å². The molecule has 5 heteroatoms. The van der Waals surface area contributed by atoms with E-state index >= 15 is 0 Å². The molecule has 0 atom stereocenters. The molecular formula is C16H17FN2OS. The van der Waals surface area contributed by atoms with Crippen LogP contribution in [0.15, 0.2) is 23.7 Å². The highest BCUT2D eigenvalue weighted by Crippen LogP contribution is 2.14. The van der Waals surface area contributed by atoms with Gasteiger partial charge in [0.05, 0.1) is 31.0 Å². The maximum atomic E-state index is 13.2.